The van der Waals surface area contributed by atoms with E-state index in [2.05, 4.69) is 10.3 Å². The summed E-state index contributed by atoms with van der Waals surface area (Å²) in [6, 6.07) is 6.94. The second-order valence-electron chi connectivity index (χ2n) is 3.72. The van der Waals surface area contributed by atoms with Gasteiger partial charge in [-0.3, -0.25) is 9.79 Å². The summed E-state index contributed by atoms with van der Waals surface area (Å²) >= 11 is 5.76. The number of hydrogen-bond acceptors (Lipinski definition) is 3. The van der Waals surface area contributed by atoms with Crippen molar-refractivity contribution in [3.8, 4) is 0 Å². The van der Waals surface area contributed by atoms with Gasteiger partial charge in [-0.15, -0.1) is 12.4 Å². The average Bonchev–Trinajstić information content (AvgIpc) is 2.31. The predicted molar refractivity (Wildman–Crippen MR) is 72.6 cm³/mol. The van der Waals surface area contributed by atoms with E-state index in [1.807, 2.05) is 0 Å². The Morgan fingerprint density at radius 3 is 2.65 bits per heavy atom. The van der Waals surface area contributed by atoms with Gasteiger partial charge in [0.25, 0.3) is 0 Å². The van der Waals surface area contributed by atoms with Gasteiger partial charge in [0.15, 0.2) is 5.78 Å². The number of carbonyl (C=O) groups excluding carboxylic acids is 1. The number of benzene rings is 1. The molecule has 0 bridgehead atoms. The lowest BCUT2D eigenvalue weighted by molar-refractivity contribution is 0.0999. The first kappa shape index (κ1) is 14.0. The van der Waals surface area contributed by atoms with Crippen LogP contribution in [0.15, 0.2) is 29.3 Å². The molecule has 0 radical (unpaired) electrons. The molecule has 17 heavy (non-hydrogen) atoms. The quantitative estimate of drug-likeness (QED) is 0.860. The minimum absolute atomic E-state index is 0. The van der Waals surface area contributed by atoms with Crippen LogP contribution in [0.1, 0.15) is 23.2 Å². The van der Waals surface area contributed by atoms with Crippen LogP contribution in [0, 0.1) is 0 Å². The molecule has 5 heteroatoms. The lowest BCUT2D eigenvalue weighted by Crippen LogP contribution is -2.31. The van der Waals surface area contributed by atoms with Crippen LogP contribution in [0.4, 0.5) is 0 Å². The average molecular weight is 273 g/mol. The zero-order valence-electron chi connectivity index (χ0n) is 9.28. The molecule has 2 rings (SSSR count). The first-order chi connectivity index (χ1) is 7.75. The Morgan fingerprint density at radius 2 is 2.06 bits per heavy atom. The Labute approximate surface area is 112 Å². The summed E-state index contributed by atoms with van der Waals surface area (Å²) < 4.78 is 0. The molecule has 0 amide bonds. The molecule has 0 aliphatic carbocycles. The van der Waals surface area contributed by atoms with E-state index >= 15 is 0 Å². The molecule has 1 aliphatic rings. The number of amidine groups is 1. The number of Topliss-reactive ketones (excluding diaryl/α,β-unsaturated/α-hetero) is 1. The minimum atomic E-state index is 0. The Kier molecular flexibility index (Phi) is 5.45. The summed E-state index contributed by atoms with van der Waals surface area (Å²) in [6.45, 7) is 1.73. The second kappa shape index (κ2) is 6.62. The van der Waals surface area contributed by atoms with Gasteiger partial charge < -0.3 is 5.32 Å². The third kappa shape index (κ3) is 4.02. The van der Waals surface area contributed by atoms with Crippen LogP contribution in [-0.2, 0) is 0 Å². The van der Waals surface area contributed by atoms with E-state index in [0.29, 0.717) is 17.0 Å². The minimum Gasteiger partial charge on any atom is -0.373 e. The molecule has 1 N–H and O–H groups in total. The third-order valence-electron chi connectivity index (χ3n) is 2.46. The van der Waals surface area contributed by atoms with Gasteiger partial charge in [-0.05, 0) is 30.7 Å². The molecule has 0 atom stereocenters. The van der Waals surface area contributed by atoms with Crippen molar-refractivity contribution in [1.82, 2.24) is 5.32 Å². The Hall–Kier alpha value is -1.06. The van der Waals surface area contributed by atoms with E-state index in [1.165, 1.54) is 0 Å². The fraction of sp³-hybridized carbons (Fsp3) is 0.333. The molecule has 0 fully saturated rings. The normalized spacial score (nSPS) is 14.3. The van der Waals surface area contributed by atoms with E-state index in [0.717, 1.165) is 25.3 Å². The van der Waals surface area contributed by atoms with Gasteiger partial charge in [0.1, 0.15) is 5.84 Å². The van der Waals surface area contributed by atoms with E-state index in [9.17, 15) is 4.79 Å². The monoisotopic (exact) mass is 272 g/mol. The van der Waals surface area contributed by atoms with Crippen molar-refractivity contribution in [3.05, 3.63) is 34.9 Å². The van der Waals surface area contributed by atoms with Crippen LogP contribution in [0.2, 0.25) is 5.02 Å². The van der Waals surface area contributed by atoms with Crippen LogP contribution >= 0.6 is 24.0 Å². The third-order valence-corrected chi connectivity index (χ3v) is 2.71. The van der Waals surface area contributed by atoms with Crippen LogP contribution in [0.25, 0.3) is 0 Å². The van der Waals surface area contributed by atoms with Gasteiger partial charge in [0.05, 0.1) is 6.42 Å². The Balaban J connectivity index is 0.00000144. The summed E-state index contributed by atoms with van der Waals surface area (Å²) in [5, 5.41) is 3.78. The number of ketones is 1. The molecule has 0 aromatic heterocycles. The van der Waals surface area contributed by atoms with Crippen molar-refractivity contribution < 1.29 is 4.79 Å². The molecule has 3 nitrogen and oxygen atoms in total. The zero-order chi connectivity index (χ0) is 11.4. The van der Waals surface area contributed by atoms with E-state index in [1.54, 1.807) is 24.3 Å². The van der Waals surface area contributed by atoms with E-state index < -0.39 is 0 Å². The molecule has 0 saturated heterocycles. The standard InChI is InChI=1S/C12H13ClN2O.ClH/c13-10-4-2-9(3-5-10)11(16)8-12-14-6-1-7-15-12;/h2-5H,1,6-8H2,(H,14,15);1H. The van der Waals surface area contributed by atoms with Crippen LogP contribution in [-0.4, -0.2) is 24.7 Å². The highest BCUT2D eigenvalue weighted by Gasteiger charge is 2.11. The van der Waals surface area contributed by atoms with Crippen LogP contribution in [0.5, 0.6) is 0 Å². The number of hydrogen-bond donors (Lipinski definition) is 1. The lowest BCUT2D eigenvalue weighted by Gasteiger charge is -2.13. The summed E-state index contributed by atoms with van der Waals surface area (Å²) in [5.41, 5.74) is 0.680. The summed E-state index contributed by atoms with van der Waals surface area (Å²) in [4.78, 5) is 16.1. The van der Waals surface area contributed by atoms with Crippen molar-refractivity contribution in [3.63, 3.8) is 0 Å². The summed E-state index contributed by atoms with van der Waals surface area (Å²) in [6.07, 6.45) is 1.39. The fourth-order valence-electron chi connectivity index (χ4n) is 1.59. The van der Waals surface area contributed by atoms with Crippen molar-refractivity contribution in [2.75, 3.05) is 13.1 Å². The van der Waals surface area contributed by atoms with Crippen molar-refractivity contribution in [1.29, 1.82) is 0 Å². The van der Waals surface area contributed by atoms with Crippen molar-refractivity contribution in [2.45, 2.75) is 12.8 Å². The second-order valence-corrected chi connectivity index (χ2v) is 4.15. The number of nitrogens with one attached hydrogen (secondary N) is 1. The van der Waals surface area contributed by atoms with Crippen molar-refractivity contribution in [2.24, 2.45) is 4.99 Å². The molecule has 1 heterocycles. The van der Waals surface area contributed by atoms with E-state index in [-0.39, 0.29) is 18.2 Å². The topological polar surface area (TPSA) is 41.5 Å². The van der Waals surface area contributed by atoms with Gasteiger partial charge in [-0.25, -0.2) is 0 Å². The van der Waals surface area contributed by atoms with Crippen molar-refractivity contribution >= 4 is 35.6 Å². The lowest BCUT2D eigenvalue weighted by atomic mass is 10.1. The summed E-state index contributed by atoms with van der Waals surface area (Å²) in [7, 11) is 0. The number of carbonyl (C=O) groups is 1. The van der Waals surface area contributed by atoms with E-state index in [4.69, 9.17) is 11.6 Å². The Bertz CT molecular complexity index is 415. The largest absolute Gasteiger partial charge is 0.373 e. The van der Waals surface area contributed by atoms with Gasteiger partial charge in [0, 0.05) is 23.7 Å². The fourth-order valence-corrected chi connectivity index (χ4v) is 1.72. The molecule has 1 aromatic rings. The highest BCUT2D eigenvalue weighted by Crippen LogP contribution is 2.11. The SMILES string of the molecule is Cl.O=C(CC1=NCCCN1)c1ccc(Cl)cc1. The van der Waals surface area contributed by atoms with Gasteiger partial charge >= 0.3 is 0 Å². The summed E-state index contributed by atoms with van der Waals surface area (Å²) in [5.74, 6) is 0.871. The van der Waals surface area contributed by atoms with Gasteiger partial charge in [-0.1, -0.05) is 11.6 Å². The smallest absolute Gasteiger partial charge is 0.170 e. The maximum Gasteiger partial charge on any atom is 0.170 e. The first-order valence-electron chi connectivity index (χ1n) is 5.31. The predicted octanol–water partition coefficient (Wildman–Crippen LogP) is 2.73. The number of halogens is 2. The molecular formula is C12H14Cl2N2O. The molecule has 0 unspecified atom stereocenters. The molecule has 92 valence electrons. The Morgan fingerprint density at radius 1 is 1.35 bits per heavy atom. The number of nitrogens with zero attached hydrogens (tertiary/aromatic N) is 1. The number of aliphatic imine (C=N–C) groups is 1. The highest BCUT2D eigenvalue weighted by atomic mass is 35.5. The van der Waals surface area contributed by atoms with Crippen LogP contribution in [0.3, 0.4) is 0 Å². The molecule has 0 saturated carbocycles. The maximum absolute atomic E-state index is 11.9. The highest BCUT2D eigenvalue weighted by molar-refractivity contribution is 6.30. The maximum atomic E-state index is 11.9. The number of rotatable bonds is 3. The molecular weight excluding hydrogens is 259 g/mol. The van der Waals surface area contributed by atoms with Crippen LogP contribution < -0.4 is 5.32 Å². The first-order valence-corrected chi connectivity index (χ1v) is 5.69. The van der Waals surface area contributed by atoms with Gasteiger partial charge in [0.2, 0.25) is 0 Å². The van der Waals surface area contributed by atoms with Gasteiger partial charge in [-0.2, -0.15) is 0 Å². The zero-order valence-corrected chi connectivity index (χ0v) is 10.9. The molecule has 1 aromatic carbocycles. The molecule has 1 aliphatic heterocycles. The molecule has 0 spiro atoms.